The summed E-state index contributed by atoms with van der Waals surface area (Å²) in [4.78, 5) is 0. The Bertz CT molecular complexity index is 188. The normalized spacial score (nSPS) is 22.2. The van der Waals surface area contributed by atoms with Gasteiger partial charge in [-0.1, -0.05) is 12.1 Å². The molecule has 0 bridgehead atoms. The zero-order chi connectivity index (χ0) is 9.73. The Hall–Kier alpha value is 0.170. The molecule has 0 spiro atoms. The number of nitrogens with zero attached hydrogens (tertiary/aromatic N) is 1. The maximum Gasteiger partial charge on any atom is 0.0612 e. The number of hydrogen-bond acceptors (Lipinski definition) is 4. The summed E-state index contributed by atoms with van der Waals surface area (Å²) in [6, 6.07) is 0. The van der Waals surface area contributed by atoms with E-state index < -0.39 is 0 Å². The third-order valence-electron chi connectivity index (χ3n) is 2.39. The molecule has 0 aromatic rings. The van der Waals surface area contributed by atoms with Crippen molar-refractivity contribution in [2.75, 3.05) is 11.5 Å². The summed E-state index contributed by atoms with van der Waals surface area (Å²) in [5.41, 5.74) is 0.848. The second-order valence-electron chi connectivity index (χ2n) is 3.30. The first-order valence-electron chi connectivity index (χ1n) is 4.68. The van der Waals surface area contributed by atoms with Crippen LogP contribution in [0.5, 0.6) is 0 Å². The van der Waals surface area contributed by atoms with Gasteiger partial charge in [-0.2, -0.15) is 0 Å². The van der Waals surface area contributed by atoms with Gasteiger partial charge in [-0.15, -0.1) is 23.5 Å². The van der Waals surface area contributed by atoms with E-state index in [2.05, 4.69) is 35.6 Å². The van der Waals surface area contributed by atoms with Gasteiger partial charge in [0.05, 0.1) is 9.79 Å². The lowest BCUT2D eigenvalue weighted by Crippen LogP contribution is -2.16. The van der Waals surface area contributed by atoms with Gasteiger partial charge in [0.1, 0.15) is 0 Å². The van der Waals surface area contributed by atoms with Crippen LogP contribution in [-0.4, -0.2) is 26.5 Å². The molecule has 0 aromatic carbocycles. The molecule has 1 heterocycles. The lowest BCUT2D eigenvalue weighted by molar-refractivity contribution is 0.317. The van der Waals surface area contributed by atoms with Crippen LogP contribution in [0.4, 0.5) is 0 Å². The van der Waals surface area contributed by atoms with Crippen molar-refractivity contribution in [2.24, 2.45) is 5.16 Å². The SMILES string of the molecule is CCC1(CC/C(C)=N/O)SCCS1. The van der Waals surface area contributed by atoms with Gasteiger partial charge in [0, 0.05) is 11.5 Å². The van der Waals surface area contributed by atoms with Crippen LogP contribution >= 0.6 is 23.5 Å². The highest BCUT2D eigenvalue weighted by atomic mass is 32.2. The lowest BCUT2D eigenvalue weighted by atomic mass is 10.1. The van der Waals surface area contributed by atoms with Crippen molar-refractivity contribution in [2.45, 2.75) is 37.2 Å². The van der Waals surface area contributed by atoms with Gasteiger partial charge < -0.3 is 5.21 Å². The maximum atomic E-state index is 8.54. The van der Waals surface area contributed by atoms with Crippen LogP contribution < -0.4 is 0 Å². The molecule has 76 valence electrons. The molecule has 0 atom stereocenters. The van der Waals surface area contributed by atoms with Gasteiger partial charge >= 0.3 is 0 Å². The summed E-state index contributed by atoms with van der Waals surface area (Å²) in [6.07, 6.45) is 3.26. The van der Waals surface area contributed by atoms with Gasteiger partial charge in [0.15, 0.2) is 0 Å². The molecule has 1 rings (SSSR count). The number of rotatable bonds is 4. The molecular formula is C9H17NOS2. The van der Waals surface area contributed by atoms with Crippen LogP contribution in [-0.2, 0) is 0 Å². The maximum absolute atomic E-state index is 8.54. The quantitative estimate of drug-likeness (QED) is 0.448. The Labute approximate surface area is 88.5 Å². The predicted octanol–water partition coefficient (Wildman–Crippen LogP) is 3.20. The molecule has 1 aliphatic heterocycles. The molecule has 0 aliphatic carbocycles. The molecular weight excluding hydrogens is 202 g/mol. The molecule has 1 aliphatic rings. The topological polar surface area (TPSA) is 32.6 Å². The van der Waals surface area contributed by atoms with E-state index >= 15 is 0 Å². The molecule has 4 heteroatoms. The zero-order valence-electron chi connectivity index (χ0n) is 8.25. The Morgan fingerprint density at radius 2 is 2.08 bits per heavy atom. The Morgan fingerprint density at radius 3 is 2.54 bits per heavy atom. The van der Waals surface area contributed by atoms with Gasteiger partial charge in [-0.25, -0.2) is 0 Å². The Kier molecular flexibility index (Phi) is 4.46. The standard InChI is InChI=1S/C9H17NOS2/c1-3-9(12-6-7-13-9)5-4-8(2)10-11/h11H,3-7H2,1-2H3/b10-8+. The van der Waals surface area contributed by atoms with Crippen molar-refractivity contribution >= 4 is 29.2 Å². The van der Waals surface area contributed by atoms with E-state index in [1.165, 1.54) is 17.9 Å². The minimum absolute atomic E-state index is 0.409. The van der Waals surface area contributed by atoms with Crippen molar-refractivity contribution < 1.29 is 5.21 Å². The first-order valence-corrected chi connectivity index (χ1v) is 6.65. The van der Waals surface area contributed by atoms with Crippen LogP contribution in [0.25, 0.3) is 0 Å². The lowest BCUT2D eigenvalue weighted by Gasteiger charge is -2.25. The van der Waals surface area contributed by atoms with Crippen molar-refractivity contribution in [3.8, 4) is 0 Å². The molecule has 0 radical (unpaired) electrons. The molecule has 1 fully saturated rings. The first-order chi connectivity index (χ1) is 6.22. The van der Waals surface area contributed by atoms with E-state index in [0.29, 0.717) is 4.08 Å². The molecule has 1 saturated heterocycles. The van der Waals surface area contributed by atoms with Crippen molar-refractivity contribution in [3.05, 3.63) is 0 Å². The number of oxime groups is 1. The second kappa shape index (κ2) is 5.15. The van der Waals surface area contributed by atoms with Crippen molar-refractivity contribution in [3.63, 3.8) is 0 Å². The van der Waals surface area contributed by atoms with Crippen molar-refractivity contribution in [1.29, 1.82) is 0 Å². The van der Waals surface area contributed by atoms with E-state index in [-0.39, 0.29) is 0 Å². The summed E-state index contributed by atoms with van der Waals surface area (Å²) < 4.78 is 0.409. The van der Waals surface area contributed by atoms with Gasteiger partial charge in [0.25, 0.3) is 0 Å². The fourth-order valence-electron chi connectivity index (χ4n) is 1.44. The minimum atomic E-state index is 0.409. The first kappa shape index (κ1) is 11.2. The molecule has 0 saturated carbocycles. The molecule has 13 heavy (non-hydrogen) atoms. The van der Waals surface area contributed by atoms with Crippen molar-refractivity contribution in [1.82, 2.24) is 0 Å². The smallest absolute Gasteiger partial charge is 0.0612 e. The van der Waals surface area contributed by atoms with Gasteiger partial charge in [-0.05, 0) is 26.2 Å². The summed E-state index contributed by atoms with van der Waals surface area (Å²) >= 11 is 4.14. The van der Waals surface area contributed by atoms with Crippen LogP contribution in [0.15, 0.2) is 5.16 Å². The molecule has 2 nitrogen and oxygen atoms in total. The second-order valence-corrected chi connectivity index (χ2v) is 6.51. The highest BCUT2D eigenvalue weighted by Crippen LogP contribution is 2.49. The van der Waals surface area contributed by atoms with Crippen LogP contribution in [0.1, 0.15) is 33.1 Å². The molecule has 0 unspecified atom stereocenters. The summed E-state index contributed by atoms with van der Waals surface area (Å²) in [5, 5.41) is 11.8. The van der Waals surface area contributed by atoms with E-state index in [1.54, 1.807) is 0 Å². The van der Waals surface area contributed by atoms with Gasteiger partial charge in [-0.3, -0.25) is 0 Å². The monoisotopic (exact) mass is 219 g/mol. The Morgan fingerprint density at radius 1 is 1.46 bits per heavy atom. The van der Waals surface area contributed by atoms with E-state index in [1.807, 2.05) is 6.92 Å². The average molecular weight is 219 g/mol. The van der Waals surface area contributed by atoms with Crippen LogP contribution in [0, 0.1) is 0 Å². The van der Waals surface area contributed by atoms with Crippen LogP contribution in [0.2, 0.25) is 0 Å². The minimum Gasteiger partial charge on any atom is -0.411 e. The van der Waals surface area contributed by atoms with E-state index in [4.69, 9.17) is 5.21 Å². The highest BCUT2D eigenvalue weighted by molar-refractivity contribution is 8.21. The number of hydrogen-bond donors (Lipinski definition) is 1. The van der Waals surface area contributed by atoms with E-state index in [0.717, 1.165) is 18.6 Å². The third kappa shape index (κ3) is 3.09. The van der Waals surface area contributed by atoms with Gasteiger partial charge in [0.2, 0.25) is 0 Å². The predicted molar refractivity (Wildman–Crippen MR) is 62.1 cm³/mol. The zero-order valence-corrected chi connectivity index (χ0v) is 9.88. The Balaban J connectivity index is 2.40. The highest BCUT2D eigenvalue weighted by Gasteiger charge is 2.33. The average Bonchev–Trinajstić information content (AvgIpc) is 2.63. The summed E-state index contributed by atoms with van der Waals surface area (Å²) in [6.45, 7) is 4.13. The number of thioether (sulfide) groups is 2. The van der Waals surface area contributed by atoms with Crippen LogP contribution in [0.3, 0.4) is 0 Å². The largest absolute Gasteiger partial charge is 0.411 e. The molecule has 0 amide bonds. The summed E-state index contributed by atoms with van der Waals surface area (Å²) in [7, 11) is 0. The fourth-order valence-corrected chi connectivity index (χ4v) is 4.59. The van der Waals surface area contributed by atoms with E-state index in [9.17, 15) is 0 Å². The fraction of sp³-hybridized carbons (Fsp3) is 0.889. The summed E-state index contributed by atoms with van der Waals surface area (Å²) in [5.74, 6) is 2.54. The molecule has 0 aromatic heterocycles. The molecule has 1 N–H and O–H groups in total. The third-order valence-corrected chi connectivity index (χ3v) is 6.21.